The van der Waals surface area contributed by atoms with Gasteiger partial charge in [-0.2, -0.15) is 0 Å². The molecule has 0 aliphatic carbocycles. The number of aromatic nitrogens is 2. The van der Waals surface area contributed by atoms with Crippen LogP contribution in [0.1, 0.15) is 12.8 Å². The Morgan fingerprint density at radius 3 is 2.77 bits per heavy atom. The molecule has 0 saturated carbocycles. The van der Waals surface area contributed by atoms with Gasteiger partial charge in [0.1, 0.15) is 17.7 Å². The number of rotatable bonds is 6. The molecule has 0 aromatic carbocycles. The van der Waals surface area contributed by atoms with Gasteiger partial charge in [0.25, 0.3) is 5.91 Å². The van der Waals surface area contributed by atoms with Crippen LogP contribution in [-0.2, 0) is 14.3 Å². The smallest absolute Gasteiger partial charge is 0.255 e. The number of hydrogen-bond acceptors (Lipinski definition) is 7. The normalized spacial score (nSPS) is 19.7. The van der Waals surface area contributed by atoms with Crippen LogP contribution in [0, 0.1) is 5.92 Å². The molecule has 4 heterocycles. The van der Waals surface area contributed by atoms with Crippen LogP contribution >= 0.6 is 23.2 Å². The number of amides is 1. The first-order valence-electron chi connectivity index (χ1n) is 10.4. The molecule has 0 bridgehead atoms. The van der Waals surface area contributed by atoms with E-state index in [-0.39, 0.29) is 5.91 Å². The molecule has 166 valence electrons. The molecule has 1 amide bonds. The fraction of sp³-hybridized carbons (Fsp3) is 0.476. The highest BCUT2D eigenvalue weighted by Gasteiger charge is 2.23. The number of halogens is 2. The molecular weight excluding hydrogens is 441 g/mol. The van der Waals surface area contributed by atoms with Gasteiger partial charge in [0, 0.05) is 44.6 Å². The van der Waals surface area contributed by atoms with E-state index < -0.39 is 6.10 Å². The molecule has 2 aromatic rings. The maximum absolute atomic E-state index is 12.4. The van der Waals surface area contributed by atoms with Gasteiger partial charge in [-0.25, -0.2) is 9.97 Å². The Labute approximate surface area is 191 Å². The van der Waals surface area contributed by atoms with E-state index in [1.54, 1.807) is 12.1 Å². The zero-order valence-corrected chi connectivity index (χ0v) is 18.5. The highest BCUT2D eigenvalue weighted by Crippen LogP contribution is 2.34. The topological polar surface area (TPSA) is 97.4 Å². The van der Waals surface area contributed by atoms with Gasteiger partial charge >= 0.3 is 0 Å². The molecule has 0 spiro atoms. The summed E-state index contributed by atoms with van der Waals surface area (Å²) in [4.78, 5) is 21.3. The fourth-order valence-electron chi connectivity index (χ4n) is 3.56. The number of anilines is 2. The molecule has 3 N–H and O–H groups in total. The minimum absolute atomic E-state index is 0.265. The standard InChI is InChI=1S/C21H25Cl2N5O3/c22-15-1-2-18(25-10-13-3-6-30-7-4-13)27-20(15)14-9-19(26-11-16(14)23)28-21(29)17-12-24-5-8-31-17/h1-2,9,11,13,17,24H,3-8,10,12H2,(H,25,27)(H,26,28,29)/t17-/m1/s1. The fourth-order valence-corrected chi connectivity index (χ4v) is 3.96. The maximum atomic E-state index is 12.4. The molecule has 1 atom stereocenters. The molecule has 2 aliphatic heterocycles. The average molecular weight is 466 g/mol. The highest BCUT2D eigenvalue weighted by molar-refractivity contribution is 6.36. The second-order valence-electron chi connectivity index (χ2n) is 7.57. The van der Waals surface area contributed by atoms with Crippen LogP contribution in [0.2, 0.25) is 10.0 Å². The Bertz CT molecular complexity index is 918. The number of carbonyl (C=O) groups excluding carboxylic acids is 1. The minimum atomic E-state index is -0.561. The lowest BCUT2D eigenvalue weighted by Gasteiger charge is -2.23. The van der Waals surface area contributed by atoms with Gasteiger partial charge in [-0.05, 0) is 37.0 Å². The largest absolute Gasteiger partial charge is 0.381 e. The summed E-state index contributed by atoms with van der Waals surface area (Å²) in [5.41, 5.74) is 1.12. The first-order chi connectivity index (χ1) is 15.1. The predicted octanol–water partition coefficient (Wildman–Crippen LogP) is 3.22. The number of pyridine rings is 2. The third-order valence-corrected chi connectivity index (χ3v) is 5.95. The summed E-state index contributed by atoms with van der Waals surface area (Å²) in [6.07, 6.45) is 2.99. The molecule has 2 aliphatic rings. The molecular formula is C21H25Cl2N5O3. The van der Waals surface area contributed by atoms with Crippen LogP contribution in [0.3, 0.4) is 0 Å². The van der Waals surface area contributed by atoms with Crippen molar-refractivity contribution in [3.8, 4) is 11.3 Å². The van der Waals surface area contributed by atoms with Gasteiger partial charge in [-0.3, -0.25) is 4.79 Å². The molecule has 2 saturated heterocycles. The summed E-state index contributed by atoms with van der Waals surface area (Å²) in [6, 6.07) is 5.30. The molecule has 2 aromatic heterocycles. The lowest BCUT2D eigenvalue weighted by Crippen LogP contribution is -2.45. The van der Waals surface area contributed by atoms with Crippen LogP contribution in [0.5, 0.6) is 0 Å². The van der Waals surface area contributed by atoms with Crippen molar-refractivity contribution in [1.82, 2.24) is 15.3 Å². The Kier molecular flexibility index (Phi) is 7.58. The molecule has 10 heteroatoms. The Morgan fingerprint density at radius 1 is 1.16 bits per heavy atom. The van der Waals surface area contributed by atoms with Gasteiger partial charge < -0.3 is 25.4 Å². The third-order valence-electron chi connectivity index (χ3n) is 5.34. The van der Waals surface area contributed by atoms with Crippen LogP contribution < -0.4 is 16.0 Å². The number of ether oxygens (including phenoxy) is 2. The van der Waals surface area contributed by atoms with Gasteiger partial charge in [-0.15, -0.1) is 0 Å². The van der Waals surface area contributed by atoms with Crippen molar-refractivity contribution in [2.75, 3.05) is 50.1 Å². The summed E-state index contributed by atoms with van der Waals surface area (Å²) in [6.45, 7) is 4.10. The predicted molar refractivity (Wildman–Crippen MR) is 121 cm³/mol. The van der Waals surface area contributed by atoms with Crippen LogP contribution in [0.4, 0.5) is 11.6 Å². The summed E-state index contributed by atoms with van der Waals surface area (Å²) < 4.78 is 10.9. The first kappa shape index (κ1) is 22.2. The van der Waals surface area contributed by atoms with Crippen molar-refractivity contribution >= 4 is 40.7 Å². The van der Waals surface area contributed by atoms with Crippen molar-refractivity contribution < 1.29 is 14.3 Å². The van der Waals surface area contributed by atoms with E-state index in [0.717, 1.165) is 39.1 Å². The van der Waals surface area contributed by atoms with E-state index in [0.29, 0.717) is 52.0 Å². The van der Waals surface area contributed by atoms with Crippen molar-refractivity contribution in [2.45, 2.75) is 18.9 Å². The van der Waals surface area contributed by atoms with Gasteiger partial charge in [0.15, 0.2) is 0 Å². The molecule has 8 nitrogen and oxygen atoms in total. The van der Waals surface area contributed by atoms with Crippen LogP contribution in [0.15, 0.2) is 24.4 Å². The highest BCUT2D eigenvalue weighted by atomic mass is 35.5. The monoisotopic (exact) mass is 465 g/mol. The second-order valence-corrected chi connectivity index (χ2v) is 8.38. The van der Waals surface area contributed by atoms with Crippen molar-refractivity contribution in [2.24, 2.45) is 5.92 Å². The quantitative estimate of drug-likeness (QED) is 0.602. The van der Waals surface area contributed by atoms with Crippen LogP contribution in [0.25, 0.3) is 11.3 Å². The summed E-state index contributed by atoms with van der Waals surface area (Å²) in [5.74, 6) is 1.36. The van der Waals surface area contributed by atoms with E-state index in [9.17, 15) is 4.79 Å². The summed E-state index contributed by atoms with van der Waals surface area (Å²) in [5, 5.41) is 10.1. The minimum Gasteiger partial charge on any atom is -0.381 e. The van der Waals surface area contributed by atoms with E-state index >= 15 is 0 Å². The van der Waals surface area contributed by atoms with E-state index in [2.05, 4.69) is 25.9 Å². The number of nitrogens with one attached hydrogen (secondary N) is 3. The molecule has 4 rings (SSSR count). The molecule has 0 unspecified atom stereocenters. The third kappa shape index (κ3) is 5.84. The van der Waals surface area contributed by atoms with Crippen molar-refractivity contribution in [3.05, 3.63) is 34.4 Å². The summed E-state index contributed by atoms with van der Waals surface area (Å²) in [7, 11) is 0. The number of hydrogen-bond donors (Lipinski definition) is 3. The Morgan fingerprint density at radius 2 is 2.00 bits per heavy atom. The zero-order chi connectivity index (χ0) is 21.6. The SMILES string of the molecule is O=C(Nc1cc(-c2nc(NCC3CCOCC3)ccc2Cl)c(Cl)cn1)[C@H]1CNCCO1. The number of carbonyl (C=O) groups is 1. The second kappa shape index (κ2) is 10.6. The van der Waals surface area contributed by atoms with Gasteiger partial charge in [0.2, 0.25) is 0 Å². The average Bonchev–Trinajstić information content (AvgIpc) is 2.81. The van der Waals surface area contributed by atoms with Crippen LogP contribution in [-0.4, -0.2) is 61.4 Å². The number of nitrogens with zero attached hydrogens (tertiary/aromatic N) is 2. The van der Waals surface area contributed by atoms with E-state index in [4.69, 9.17) is 32.7 Å². The lowest BCUT2D eigenvalue weighted by atomic mass is 10.0. The van der Waals surface area contributed by atoms with Crippen molar-refractivity contribution in [3.63, 3.8) is 0 Å². The Balaban J connectivity index is 1.49. The first-order valence-corrected chi connectivity index (χ1v) is 11.1. The summed E-state index contributed by atoms with van der Waals surface area (Å²) >= 11 is 12.8. The van der Waals surface area contributed by atoms with Gasteiger partial charge in [-0.1, -0.05) is 23.2 Å². The molecule has 31 heavy (non-hydrogen) atoms. The maximum Gasteiger partial charge on any atom is 0.255 e. The van der Waals surface area contributed by atoms with E-state index in [1.807, 2.05) is 6.07 Å². The molecule has 2 fully saturated rings. The van der Waals surface area contributed by atoms with Gasteiger partial charge in [0.05, 0.1) is 22.3 Å². The number of morpholine rings is 1. The lowest BCUT2D eigenvalue weighted by molar-refractivity contribution is -0.128. The zero-order valence-electron chi connectivity index (χ0n) is 17.0. The van der Waals surface area contributed by atoms with Crippen molar-refractivity contribution in [1.29, 1.82) is 0 Å². The molecule has 0 radical (unpaired) electrons. The Hall–Kier alpha value is -1.97. The van der Waals surface area contributed by atoms with E-state index in [1.165, 1.54) is 6.20 Å².